The number of para-hydroxylation sites is 2. The number of rotatable bonds is 6. The average Bonchev–Trinajstić information content (AvgIpc) is 3.87. The molecule has 6 aromatic carbocycles. The highest BCUT2D eigenvalue weighted by molar-refractivity contribution is 7.26. The molecule has 4 heterocycles. The highest BCUT2D eigenvalue weighted by atomic mass is 32.1. The molecule has 0 saturated carbocycles. The zero-order valence-electron chi connectivity index (χ0n) is 28.2. The highest BCUT2D eigenvalue weighted by Gasteiger charge is 2.20. The van der Waals surface area contributed by atoms with Crippen LogP contribution in [0, 0.1) is 0 Å². The van der Waals surface area contributed by atoms with Gasteiger partial charge in [0.2, 0.25) is 0 Å². The molecule has 0 aliphatic rings. The zero-order valence-corrected chi connectivity index (χ0v) is 29.1. The maximum absolute atomic E-state index is 6.82. The van der Waals surface area contributed by atoms with Gasteiger partial charge in [-0.15, -0.1) is 11.3 Å². The van der Waals surface area contributed by atoms with Gasteiger partial charge >= 0.3 is 0 Å². The quantitative estimate of drug-likeness (QED) is 0.163. The van der Waals surface area contributed by atoms with Gasteiger partial charge in [0.1, 0.15) is 11.2 Å². The smallest absolute Gasteiger partial charge is 0.164 e. The van der Waals surface area contributed by atoms with Crippen LogP contribution in [0.25, 0.3) is 98.0 Å². The molecule has 0 amide bonds. The van der Waals surface area contributed by atoms with E-state index in [0.717, 1.165) is 38.5 Å². The predicted molar refractivity (Wildman–Crippen MR) is 218 cm³/mol. The van der Waals surface area contributed by atoms with Gasteiger partial charge in [-0.3, -0.25) is 0 Å². The van der Waals surface area contributed by atoms with Crippen LogP contribution < -0.4 is 0 Å². The summed E-state index contributed by atoms with van der Waals surface area (Å²) < 4.78 is 11.6. The van der Waals surface area contributed by atoms with Crippen LogP contribution in [0.5, 0.6) is 0 Å². The molecule has 10 aromatic rings. The lowest BCUT2D eigenvalue weighted by molar-refractivity contribution is 0.673. The van der Waals surface area contributed by atoms with Crippen molar-refractivity contribution in [2.75, 3.05) is 0 Å². The first-order chi connectivity index (χ1) is 25.7. The summed E-state index contributed by atoms with van der Waals surface area (Å²) in [6.45, 7) is 6.23. The SMILES string of the molecule is C=C(/C=C\C=C/C)c1nc(-c2ccccc2)nc(-c2ccc3c(c2)oc2c3ccc3sc4c(-n5c6ccccc6c6ccccc65)cccc4c32)n1. The molecule has 0 atom stereocenters. The van der Waals surface area contributed by atoms with Crippen molar-refractivity contribution in [3.63, 3.8) is 0 Å². The number of nitrogens with zero attached hydrogens (tertiary/aromatic N) is 4. The van der Waals surface area contributed by atoms with Crippen molar-refractivity contribution in [2.45, 2.75) is 6.92 Å². The third-order valence-corrected chi connectivity index (χ3v) is 10.9. The Balaban J connectivity index is 1.15. The Labute approximate surface area is 303 Å². The van der Waals surface area contributed by atoms with Crippen molar-refractivity contribution in [1.82, 2.24) is 19.5 Å². The number of benzene rings is 6. The van der Waals surface area contributed by atoms with Gasteiger partial charge in [-0.25, -0.2) is 15.0 Å². The third kappa shape index (κ3) is 4.72. The molecule has 0 aliphatic heterocycles. The molecule has 0 aliphatic carbocycles. The zero-order chi connectivity index (χ0) is 34.8. The van der Waals surface area contributed by atoms with Crippen molar-refractivity contribution in [2.24, 2.45) is 0 Å². The molecule has 246 valence electrons. The van der Waals surface area contributed by atoms with Gasteiger partial charge in [0, 0.05) is 53.7 Å². The summed E-state index contributed by atoms with van der Waals surface area (Å²) in [7, 11) is 0. The average molecular weight is 687 g/mol. The normalized spacial score (nSPS) is 12.2. The minimum atomic E-state index is 0.528. The molecule has 52 heavy (non-hydrogen) atoms. The Kier molecular flexibility index (Phi) is 6.98. The van der Waals surface area contributed by atoms with Crippen LogP contribution in [0.3, 0.4) is 0 Å². The maximum atomic E-state index is 6.82. The third-order valence-electron chi connectivity index (χ3n) is 9.71. The number of aromatic nitrogens is 4. The van der Waals surface area contributed by atoms with Crippen LogP contribution in [0.15, 0.2) is 163 Å². The van der Waals surface area contributed by atoms with E-state index in [9.17, 15) is 0 Å². The fourth-order valence-electron chi connectivity index (χ4n) is 7.32. The summed E-state index contributed by atoms with van der Waals surface area (Å²) in [5, 5.41) is 6.96. The van der Waals surface area contributed by atoms with Gasteiger partial charge in [-0.2, -0.15) is 0 Å². The first kappa shape index (κ1) is 30.2. The number of hydrogen-bond acceptors (Lipinski definition) is 5. The molecule has 4 aromatic heterocycles. The van der Waals surface area contributed by atoms with Crippen LogP contribution in [0.1, 0.15) is 12.7 Å². The fraction of sp³-hybridized carbons (Fsp3) is 0.0217. The molecule has 0 N–H and O–H groups in total. The molecule has 10 rings (SSSR count). The molecule has 0 unspecified atom stereocenters. The van der Waals surface area contributed by atoms with Crippen molar-refractivity contribution in [3.05, 3.63) is 164 Å². The number of thiophene rings is 1. The van der Waals surface area contributed by atoms with Crippen molar-refractivity contribution < 1.29 is 4.42 Å². The first-order valence-electron chi connectivity index (χ1n) is 17.3. The van der Waals surface area contributed by atoms with Gasteiger partial charge in [0.15, 0.2) is 17.5 Å². The van der Waals surface area contributed by atoms with E-state index in [2.05, 4.69) is 102 Å². The minimum Gasteiger partial charge on any atom is -0.455 e. The van der Waals surface area contributed by atoms with Crippen LogP contribution in [0.4, 0.5) is 0 Å². The molecular weight excluding hydrogens is 657 g/mol. The molecular formula is C46H30N4OS. The summed E-state index contributed by atoms with van der Waals surface area (Å²) >= 11 is 1.81. The van der Waals surface area contributed by atoms with Gasteiger partial charge in [0.05, 0.1) is 21.4 Å². The number of allylic oxidation sites excluding steroid dienone is 5. The second kappa shape index (κ2) is 12.0. The predicted octanol–water partition coefficient (Wildman–Crippen LogP) is 12.7. The van der Waals surface area contributed by atoms with Gasteiger partial charge in [-0.1, -0.05) is 116 Å². The van der Waals surface area contributed by atoms with Gasteiger partial charge < -0.3 is 8.98 Å². The summed E-state index contributed by atoms with van der Waals surface area (Å²) in [4.78, 5) is 14.6. The Bertz CT molecular complexity index is 3050. The maximum Gasteiger partial charge on any atom is 0.164 e. The lowest BCUT2D eigenvalue weighted by Gasteiger charge is -2.09. The number of fused-ring (bicyclic) bond motifs is 10. The molecule has 5 nitrogen and oxygen atoms in total. The molecule has 0 radical (unpaired) electrons. The monoisotopic (exact) mass is 686 g/mol. The van der Waals surface area contributed by atoms with Crippen molar-refractivity contribution in [1.29, 1.82) is 0 Å². The Morgan fingerprint density at radius 3 is 2.12 bits per heavy atom. The largest absolute Gasteiger partial charge is 0.455 e. The van der Waals surface area contributed by atoms with Crippen molar-refractivity contribution in [3.8, 4) is 28.5 Å². The summed E-state index contributed by atoms with van der Waals surface area (Å²) in [6.07, 6.45) is 7.78. The van der Waals surface area contributed by atoms with Crippen LogP contribution in [0.2, 0.25) is 0 Å². The molecule has 0 saturated heterocycles. The van der Waals surface area contributed by atoms with Gasteiger partial charge in [-0.05, 0) is 49.4 Å². The Hall–Kier alpha value is -6.63. The standard InChI is InChI=1S/C46H30N4OS/c1-3-4-6-14-28(2)44-47-45(29-15-7-5-8-16-29)49-46(48-44)30-23-24-33-34-25-26-40-41(42(34)51-39(33)27-30)35-19-13-22-38(43(35)52-40)50-36-20-11-9-17-31(36)32-18-10-12-21-37(32)50/h3-27H,2H2,1H3/b4-3-,14-6-. The highest BCUT2D eigenvalue weighted by Crippen LogP contribution is 2.45. The van der Waals surface area contributed by atoms with Crippen LogP contribution >= 0.6 is 11.3 Å². The van der Waals surface area contributed by atoms with E-state index in [1.165, 1.54) is 42.3 Å². The van der Waals surface area contributed by atoms with E-state index in [0.29, 0.717) is 23.0 Å². The van der Waals surface area contributed by atoms with E-state index in [4.69, 9.17) is 19.4 Å². The van der Waals surface area contributed by atoms with Crippen LogP contribution in [-0.4, -0.2) is 19.5 Å². The molecule has 6 heteroatoms. The lowest BCUT2D eigenvalue weighted by atomic mass is 10.1. The van der Waals surface area contributed by atoms with E-state index >= 15 is 0 Å². The summed E-state index contributed by atoms with van der Waals surface area (Å²) in [6, 6.07) is 44.6. The number of furan rings is 1. The second-order valence-electron chi connectivity index (χ2n) is 12.8. The van der Waals surface area contributed by atoms with Crippen LogP contribution in [-0.2, 0) is 0 Å². The fourth-order valence-corrected chi connectivity index (χ4v) is 8.53. The Morgan fingerprint density at radius 2 is 1.35 bits per heavy atom. The molecule has 0 fully saturated rings. The molecule has 0 bridgehead atoms. The lowest BCUT2D eigenvalue weighted by Crippen LogP contribution is -2.01. The van der Waals surface area contributed by atoms with E-state index in [1.54, 1.807) is 0 Å². The Morgan fingerprint density at radius 1 is 0.654 bits per heavy atom. The van der Waals surface area contributed by atoms with E-state index in [-0.39, 0.29) is 0 Å². The molecule has 0 spiro atoms. The number of hydrogen-bond donors (Lipinski definition) is 0. The summed E-state index contributed by atoms with van der Waals surface area (Å²) in [5.41, 5.74) is 7.70. The van der Waals surface area contributed by atoms with Gasteiger partial charge in [0.25, 0.3) is 0 Å². The second-order valence-corrected chi connectivity index (χ2v) is 13.9. The topological polar surface area (TPSA) is 56.7 Å². The first-order valence-corrected chi connectivity index (χ1v) is 18.1. The van der Waals surface area contributed by atoms with E-state index < -0.39 is 0 Å². The van der Waals surface area contributed by atoms with E-state index in [1.807, 2.05) is 79.0 Å². The van der Waals surface area contributed by atoms with Crippen molar-refractivity contribution >= 4 is 80.8 Å². The minimum absolute atomic E-state index is 0.528. The summed E-state index contributed by atoms with van der Waals surface area (Å²) in [5.74, 6) is 1.69.